The second kappa shape index (κ2) is 9.64. The van der Waals surface area contributed by atoms with E-state index in [1.165, 1.54) is 24.3 Å². The number of carbonyl (C=O) groups is 3. The number of amides is 3. The first-order valence-electron chi connectivity index (χ1n) is 10.7. The fraction of sp³-hybridized carbons (Fsp3) is 0.348. The van der Waals surface area contributed by atoms with Crippen LogP contribution in [0, 0.1) is 11.6 Å². The lowest BCUT2D eigenvalue weighted by atomic mass is 9.94. The van der Waals surface area contributed by atoms with Crippen molar-refractivity contribution in [1.29, 1.82) is 0 Å². The Morgan fingerprint density at radius 2 is 1.79 bits per heavy atom. The van der Waals surface area contributed by atoms with Gasteiger partial charge in [0.1, 0.15) is 18.5 Å². The van der Waals surface area contributed by atoms with Crippen LogP contribution in [0.25, 0.3) is 0 Å². The van der Waals surface area contributed by atoms with E-state index in [0.717, 1.165) is 12.1 Å². The number of carboxylic acid groups (broad SMARTS) is 1. The number of hydrogen-bond acceptors (Lipinski definition) is 5. The molecule has 2 heterocycles. The van der Waals surface area contributed by atoms with E-state index in [9.17, 15) is 23.2 Å². The summed E-state index contributed by atoms with van der Waals surface area (Å²) in [5.74, 6) is -3.11. The third-order valence-electron chi connectivity index (χ3n) is 5.85. The van der Waals surface area contributed by atoms with E-state index in [1.54, 1.807) is 11.9 Å². The highest BCUT2D eigenvalue weighted by atomic mass is 19.2. The zero-order valence-electron chi connectivity index (χ0n) is 18.2. The van der Waals surface area contributed by atoms with E-state index in [4.69, 9.17) is 14.6 Å². The Labute approximate surface area is 193 Å². The van der Waals surface area contributed by atoms with Crippen molar-refractivity contribution in [3.05, 3.63) is 53.6 Å². The average Bonchev–Trinajstić information content (AvgIpc) is 2.78. The van der Waals surface area contributed by atoms with Gasteiger partial charge in [0.15, 0.2) is 11.6 Å². The van der Waals surface area contributed by atoms with Gasteiger partial charge in [-0.2, -0.15) is 0 Å². The van der Waals surface area contributed by atoms with Gasteiger partial charge in [0.05, 0.1) is 24.1 Å². The molecule has 1 fully saturated rings. The number of rotatable bonds is 4. The Balaban J connectivity index is 1.48. The molecule has 9 nitrogen and oxygen atoms in total. The molecule has 2 aromatic carbocycles. The number of nitrogens with zero attached hydrogens (tertiary/aromatic N) is 1. The summed E-state index contributed by atoms with van der Waals surface area (Å²) in [4.78, 5) is 38.1. The van der Waals surface area contributed by atoms with Crippen molar-refractivity contribution < 1.29 is 37.7 Å². The third-order valence-corrected chi connectivity index (χ3v) is 5.85. The molecule has 34 heavy (non-hydrogen) atoms. The molecule has 180 valence electrons. The molecule has 0 radical (unpaired) electrons. The largest absolute Gasteiger partial charge is 0.490 e. The maximum Gasteiger partial charge on any atom is 0.323 e. The maximum atomic E-state index is 13.4. The molecule has 2 aliphatic rings. The molecule has 0 spiro atoms. The van der Waals surface area contributed by atoms with Gasteiger partial charge in [-0.15, -0.1) is 0 Å². The number of urea groups is 1. The zero-order chi connectivity index (χ0) is 24.4. The summed E-state index contributed by atoms with van der Waals surface area (Å²) in [7, 11) is 1.64. The van der Waals surface area contributed by atoms with Crippen LogP contribution in [-0.2, 0) is 9.53 Å². The van der Waals surface area contributed by atoms with E-state index in [2.05, 4.69) is 10.6 Å². The Kier molecular flexibility index (Phi) is 6.64. The number of benzene rings is 2. The van der Waals surface area contributed by atoms with Gasteiger partial charge in [-0.3, -0.25) is 9.59 Å². The van der Waals surface area contributed by atoms with Crippen molar-refractivity contribution in [3.8, 4) is 5.75 Å². The first-order valence-corrected chi connectivity index (χ1v) is 10.7. The molecule has 0 aliphatic carbocycles. The van der Waals surface area contributed by atoms with E-state index < -0.39 is 35.8 Å². The molecule has 3 atom stereocenters. The summed E-state index contributed by atoms with van der Waals surface area (Å²) in [6, 6.07) is 6.50. The normalized spacial score (nSPS) is 21.9. The van der Waals surface area contributed by atoms with Crippen LogP contribution in [0.3, 0.4) is 0 Å². The summed E-state index contributed by atoms with van der Waals surface area (Å²) in [6.07, 6.45) is 0.0466. The number of hydrogen-bond donors (Lipinski definition) is 3. The standard InChI is InChI=1S/C23H23F2N3O6/c1-28-18-6-4-14(10-21(29)30)34-20(18)11-33-19-7-3-12(8-15(19)22(28)31)26-23(32)27-13-2-5-16(24)17(25)9-13/h2-3,5,7-9,14,18,20H,4,6,10-11H2,1H3,(H,29,30)(H2,26,27,32)/t14-,18-,20-/m1/s1. The predicted octanol–water partition coefficient (Wildman–Crippen LogP) is 3.46. The molecule has 4 rings (SSSR count). The van der Waals surface area contributed by atoms with Crippen LogP contribution in [0.2, 0.25) is 0 Å². The highest BCUT2D eigenvalue weighted by Crippen LogP contribution is 2.32. The molecule has 0 aromatic heterocycles. The van der Waals surface area contributed by atoms with Crippen molar-refractivity contribution in [1.82, 2.24) is 4.90 Å². The van der Waals surface area contributed by atoms with Crippen LogP contribution in [0.15, 0.2) is 36.4 Å². The van der Waals surface area contributed by atoms with Crippen molar-refractivity contribution in [2.45, 2.75) is 37.5 Å². The average molecular weight is 475 g/mol. The van der Waals surface area contributed by atoms with Gasteiger partial charge in [0, 0.05) is 24.5 Å². The number of anilines is 2. The van der Waals surface area contributed by atoms with Crippen LogP contribution < -0.4 is 15.4 Å². The van der Waals surface area contributed by atoms with E-state index in [-0.39, 0.29) is 36.2 Å². The summed E-state index contributed by atoms with van der Waals surface area (Å²) in [6.45, 7) is 0.134. The van der Waals surface area contributed by atoms with E-state index >= 15 is 0 Å². The number of nitrogens with one attached hydrogen (secondary N) is 2. The minimum Gasteiger partial charge on any atom is -0.490 e. The van der Waals surface area contributed by atoms with Gasteiger partial charge in [-0.1, -0.05) is 0 Å². The van der Waals surface area contributed by atoms with Crippen molar-refractivity contribution in [2.75, 3.05) is 24.3 Å². The molecule has 0 saturated carbocycles. The van der Waals surface area contributed by atoms with Crippen LogP contribution in [0.4, 0.5) is 25.0 Å². The SMILES string of the molecule is CN1C(=O)c2cc(NC(=O)Nc3ccc(F)c(F)c3)ccc2OC[C@H]2O[C@@H](CC(=O)O)CC[C@H]21. The summed E-state index contributed by atoms with van der Waals surface area (Å²) in [5.41, 5.74) is 0.591. The number of likely N-dealkylation sites (N-methyl/N-ethyl adjacent to an activating group) is 1. The molecular formula is C23H23F2N3O6. The number of ether oxygens (including phenoxy) is 2. The summed E-state index contributed by atoms with van der Waals surface area (Å²) in [5, 5.41) is 14.0. The minimum absolute atomic E-state index is 0.0614. The van der Waals surface area contributed by atoms with Crippen LogP contribution >= 0.6 is 0 Å². The Hall–Kier alpha value is -3.73. The fourth-order valence-corrected chi connectivity index (χ4v) is 4.17. The second-order valence-electron chi connectivity index (χ2n) is 8.19. The van der Waals surface area contributed by atoms with Crippen LogP contribution in [0.5, 0.6) is 5.75 Å². The smallest absolute Gasteiger partial charge is 0.323 e. The fourth-order valence-electron chi connectivity index (χ4n) is 4.17. The predicted molar refractivity (Wildman–Crippen MR) is 117 cm³/mol. The van der Waals surface area contributed by atoms with Crippen LogP contribution in [-0.4, -0.2) is 59.8 Å². The van der Waals surface area contributed by atoms with Gasteiger partial charge in [-0.25, -0.2) is 13.6 Å². The number of carbonyl (C=O) groups excluding carboxylic acids is 2. The molecule has 1 saturated heterocycles. The van der Waals surface area contributed by atoms with Gasteiger partial charge >= 0.3 is 12.0 Å². The molecule has 2 aliphatic heterocycles. The first-order chi connectivity index (χ1) is 16.2. The quantitative estimate of drug-likeness (QED) is 0.624. The molecule has 3 N–H and O–H groups in total. The first kappa shape index (κ1) is 23.4. The molecular weight excluding hydrogens is 452 g/mol. The van der Waals surface area contributed by atoms with E-state index in [1.807, 2.05) is 0 Å². The van der Waals surface area contributed by atoms with E-state index in [0.29, 0.717) is 24.3 Å². The molecule has 0 unspecified atom stereocenters. The maximum absolute atomic E-state index is 13.4. The van der Waals surface area contributed by atoms with Gasteiger partial charge in [-0.05, 0) is 43.2 Å². The number of carboxylic acids is 1. The van der Waals surface area contributed by atoms with Gasteiger partial charge in [0.2, 0.25) is 0 Å². The third kappa shape index (κ3) is 5.09. The summed E-state index contributed by atoms with van der Waals surface area (Å²) < 4.78 is 38.1. The van der Waals surface area contributed by atoms with Gasteiger partial charge in [0.25, 0.3) is 5.91 Å². The zero-order valence-corrected chi connectivity index (χ0v) is 18.2. The Morgan fingerprint density at radius 3 is 2.50 bits per heavy atom. The Morgan fingerprint density at radius 1 is 1.09 bits per heavy atom. The molecule has 0 bridgehead atoms. The summed E-state index contributed by atoms with van der Waals surface area (Å²) >= 11 is 0. The number of aliphatic carboxylic acids is 1. The lowest BCUT2D eigenvalue weighted by Gasteiger charge is -2.42. The number of fused-ring (bicyclic) bond motifs is 2. The second-order valence-corrected chi connectivity index (χ2v) is 8.19. The minimum atomic E-state index is -1.09. The molecule has 2 aromatic rings. The lowest BCUT2D eigenvalue weighted by Crippen LogP contribution is -2.53. The monoisotopic (exact) mass is 475 g/mol. The van der Waals surface area contributed by atoms with Crippen molar-refractivity contribution in [3.63, 3.8) is 0 Å². The Bertz CT molecular complexity index is 1130. The van der Waals surface area contributed by atoms with Crippen molar-refractivity contribution >= 4 is 29.3 Å². The van der Waals surface area contributed by atoms with Crippen molar-refractivity contribution in [2.24, 2.45) is 0 Å². The highest BCUT2D eigenvalue weighted by Gasteiger charge is 2.39. The lowest BCUT2D eigenvalue weighted by molar-refractivity contribution is -0.148. The number of halogens is 2. The topological polar surface area (TPSA) is 117 Å². The molecule has 11 heteroatoms. The molecule has 3 amide bonds. The van der Waals surface area contributed by atoms with Gasteiger partial charge < -0.3 is 30.1 Å². The highest BCUT2D eigenvalue weighted by molar-refractivity contribution is 6.02. The van der Waals surface area contributed by atoms with Crippen LogP contribution in [0.1, 0.15) is 29.6 Å².